The van der Waals surface area contributed by atoms with Gasteiger partial charge in [-0.3, -0.25) is 9.59 Å². The summed E-state index contributed by atoms with van der Waals surface area (Å²) in [5.74, 6) is -2.23. The molecule has 2 amide bonds. The molecule has 5 nitrogen and oxygen atoms in total. The van der Waals surface area contributed by atoms with Crippen molar-refractivity contribution < 1.29 is 23.1 Å². The summed E-state index contributed by atoms with van der Waals surface area (Å²) in [6, 6.07) is 9.59. The molecule has 0 N–H and O–H groups in total. The largest absolute Gasteiger partial charge is 0.481 e. The van der Waals surface area contributed by atoms with Crippen LogP contribution in [0.2, 0.25) is 5.02 Å². The second-order valence-corrected chi connectivity index (χ2v) is 6.48. The van der Waals surface area contributed by atoms with Crippen molar-refractivity contribution in [3.05, 3.63) is 64.7 Å². The second-order valence-electron chi connectivity index (χ2n) is 6.05. The molecule has 1 aliphatic heterocycles. The third-order valence-corrected chi connectivity index (χ3v) is 4.47. The van der Waals surface area contributed by atoms with Crippen molar-refractivity contribution in [3.8, 4) is 5.75 Å². The van der Waals surface area contributed by atoms with Crippen LogP contribution in [0.25, 0.3) is 0 Å². The van der Waals surface area contributed by atoms with E-state index in [1.807, 2.05) is 0 Å². The van der Waals surface area contributed by atoms with E-state index in [-0.39, 0.29) is 24.2 Å². The van der Waals surface area contributed by atoms with Gasteiger partial charge in [-0.1, -0.05) is 17.7 Å². The van der Waals surface area contributed by atoms with E-state index in [9.17, 15) is 18.4 Å². The van der Waals surface area contributed by atoms with Gasteiger partial charge in [0.1, 0.15) is 5.82 Å². The highest BCUT2D eigenvalue weighted by atomic mass is 35.5. The van der Waals surface area contributed by atoms with Gasteiger partial charge in [-0.25, -0.2) is 8.78 Å². The van der Waals surface area contributed by atoms with Crippen LogP contribution in [-0.4, -0.2) is 54.4 Å². The molecule has 1 fully saturated rings. The summed E-state index contributed by atoms with van der Waals surface area (Å²) in [6.45, 7) is 1.09. The summed E-state index contributed by atoms with van der Waals surface area (Å²) in [7, 11) is 0. The van der Waals surface area contributed by atoms with Gasteiger partial charge in [-0.2, -0.15) is 0 Å². The minimum Gasteiger partial charge on any atom is -0.481 e. The maximum absolute atomic E-state index is 13.5. The lowest BCUT2D eigenvalue weighted by Crippen LogP contribution is -2.51. The first-order valence-corrected chi connectivity index (χ1v) is 8.72. The number of piperazine rings is 1. The van der Waals surface area contributed by atoms with E-state index in [1.54, 1.807) is 34.1 Å². The summed E-state index contributed by atoms with van der Waals surface area (Å²) >= 11 is 5.91. The quantitative estimate of drug-likeness (QED) is 0.801. The zero-order chi connectivity index (χ0) is 19.4. The van der Waals surface area contributed by atoms with Gasteiger partial charge in [0.15, 0.2) is 18.2 Å². The van der Waals surface area contributed by atoms with Crippen LogP contribution < -0.4 is 4.74 Å². The van der Waals surface area contributed by atoms with Crippen molar-refractivity contribution in [2.75, 3.05) is 32.8 Å². The molecule has 142 valence electrons. The van der Waals surface area contributed by atoms with Gasteiger partial charge < -0.3 is 14.5 Å². The van der Waals surface area contributed by atoms with E-state index in [2.05, 4.69) is 0 Å². The summed E-state index contributed by atoms with van der Waals surface area (Å²) in [6.07, 6.45) is 0. The summed E-state index contributed by atoms with van der Waals surface area (Å²) in [5.41, 5.74) is 0.498. The first kappa shape index (κ1) is 19.1. The SMILES string of the molecule is O=C(COc1ccc(F)cc1F)N1CCN(C(=O)c2cccc(Cl)c2)CC1. The average Bonchev–Trinajstić information content (AvgIpc) is 2.66. The van der Waals surface area contributed by atoms with Crippen molar-refractivity contribution in [3.63, 3.8) is 0 Å². The summed E-state index contributed by atoms with van der Waals surface area (Å²) in [4.78, 5) is 27.9. The zero-order valence-electron chi connectivity index (χ0n) is 14.3. The van der Waals surface area contributed by atoms with Gasteiger partial charge in [0, 0.05) is 42.8 Å². The van der Waals surface area contributed by atoms with E-state index < -0.39 is 11.6 Å². The molecule has 0 spiro atoms. The molecule has 0 aromatic heterocycles. The molecule has 27 heavy (non-hydrogen) atoms. The van der Waals surface area contributed by atoms with Crippen molar-refractivity contribution in [2.24, 2.45) is 0 Å². The van der Waals surface area contributed by atoms with Crippen molar-refractivity contribution in [2.45, 2.75) is 0 Å². The minimum atomic E-state index is -0.861. The number of hydrogen-bond donors (Lipinski definition) is 0. The maximum Gasteiger partial charge on any atom is 0.260 e. The van der Waals surface area contributed by atoms with Crippen LogP contribution in [0.15, 0.2) is 42.5 Å². The molecular weight excluding hydrogens is 378 g/mol. The molecule has 0 atom stereocenters. The van der Waals surface area contributed by atoms with Gasteiger partial charge in [-0.15, -0.1) is 0 Å². The van der Waals surface area contributed by atoms with E-state index in [4.69, 9.17) is 16.3 Å². The topological polar surface area (TPSA) is 49.9 Å². The fourth-order valence-electron chi connectivity index (χ4n) is 2.79. The monoisotopic (exact) mass is 394 g/mol. The third-order valence-electron chi connectivity index (χ3n) is 4.24. The zero-order valence-corrected chi connectivity index (χ0v) is 15.1. The van der Waals surface area contributed by atoms with Crippen LogP contribution in [-0.2, 0) is 4.79 Å². The van der Waals surface area contributed by atoms with Gasteiger partial charge in [-0.05, 0) is 30.3 Å². The van der Waals surface area contributed by atoms with E-state index in [0.717, 1.165) is 12.1 Å². The molecule has 2 aromatic carbocycles. The number of rotatable bonds is 4. The lowest BCUT2D eigenvalue weighted by molar-refractivity contribution is -0.134. The van der Waals surface area contributed by atoms with Crippen LogP contribution in [0.4, 0.5) is 8.78 Å². The molecule has 0 saturated carbocycles. The molecule has 1 saturated heterocycles. The highest BCUT2D eigenvalue weighted by molar-refractivity contribution is 6.30. The van der Waals surface area contributed by atoms with Gasteiger partial charge in [0.25, 0.3) is 11.8 Å². The fourth-order valence-corrected chi connectivity index (χ4v) is 2.98. The van der Waals surface area contributed by atoms with Crippen LogP contribution in [0.1, 0.15) is 10.4 Å². The van der Waals surface area contributed by atoms with Crippen molar-refractivity contribution in [1.29, 1.82) is 0 Å². The number of ether oxygens (including phenoxy) is 1. The minimum absolute atomic E-state index is 0.144. The van der Waals surface area contributed by atoms with Crippen molar-refractivity contribution >= 4 is 23.4 Å². The number of nitrogens with zero attached hydrogens (tertiary/aromatic N) is 2. The van der Waals surface area contributed by atoms with E-state index >= 15 is 0 Å². The van der Waals surface area contributed by atoms with Crippen LogP contribution >= 0.6 is 11.6 Å². The lowest BCUT2D eigenvalue weighted by atomic mass is 10.2. The molecule has 0 unspecified atom stereocenters. The Bertz CT molecular complexity index is 855. The third kappa shape index (κ3) is 4.74. The van der Waals surface area contributed by atoms with Crippen molar-refractivity contribution in [1.82, 2.24) is 9.80 Å². The number of benzene rings is 2. The molecule has 3 rings (SSSR count). The molecule has 0 aliphatic carbocycles. The second kappa shape index (κ2) is 8.35. The Morgan fingerprint density at radius 3 is 2.37 bits per heavy atom. The summed E-state index contributed by atoms with van der Waals surface area (Å²) in [5, 5.41) is 0.486. The Labute approximate surface area is 160 Å². The maximum atomic E-state index is 13.5. The number of carbonyl (C=O) groups is 2. The average molecular weight is 395 g/mol. The van der Waals surface area contributed by atoms with Crippen LogP contribution in [0.5, 0.6) is 5.75 Å². The smallest absolute Gasteiger partial charge is 0.260 e. The fraction of sp³-hybridized carbons (Fsp3) is 0.263. The standard InChI is InChI=1S/C19H17ClF2N2O3/c20-14-3-1-2-13(10-14)19(26)24-8-6-23(7-9-24)18(25)12-27-17-5-4-15(21)11-16(17)22/h1-5,10-11H,6-9,12H2. The first-order valence-electron chi connectivity index (χ1n) is 8.34. The van der Waals surface area contributed by atoms with Gasteiger partial charge in [0.2, 0.25) is 0 Å². The Morgan fingerprint density at radius 2 is 1.70 bits per heavy atom. The molecular formula is C19H17ClF2N2O3. The predicted octanol–water partition coefficient (Wildman–Crippen LogP) is 2.98. The Morgan fingerprint density at radius 1 is 1.00 bits per heavy atom. The first-order chi connectivity index (χ1) is 12.9. The molecule has 1 aliphatic rings. The predicted molar refractivity (Wildman–Crippen MR) is 95.8 cm³/mol. The normalized spacial score (nSPS) is 14.2. The Balaban J connectivity index is 1.51. The number of halogens is 3. The van der Waals surface area contributed by atoms with E-state index in [0.29, 0.717) is 42.8 Å². The lowest BCUT2D eigenvalue weighted by Gasteiger charge is -2.34. The molecule has 0 radical (unpaired) electrons. The number of carbonyl (C=O) groups excluding carboxylic acids is 2. The van der Waals surface area contributed by atoms with Crippen LogP contribution in [0, 0.1) is 11.6 Å². The molecule has 2 aromatic rings. The van der Waals surface area contributed by atoms with Gasteiger partial charge >= 0.3 is 0 Å². The molecule has 8 heteroatoms. The summed E-state index contributed by atoms with van der Waals surface area (Å²) < 4.78 is 31.5. The highest BCUT2D eigenvalue weighted by Gasteiger charge is 2.25. The molecule has 1 heterocycles. The highest BCUT2D eigenvalue weighted by Crippen LogP contribution is 2.18. The van der Waals surface area contributed by atoms with E-state index in [1.165, 1.54) is 0 Å². The Kier molecular flexibility index (Phi) is 5.91. The molecule has 0 bridgehead atoms. The number of hydrogen-bond acceptors (Lipinski definition) is 3. The van der Waals surface area contributed by atoms with Gasteiger partial charge in [0.05, 0.1) is 0 Å². The Hall–Kier alpha value is -2.67. The van der Waals surface area contributed by atoms with Crippen LogP contribution in [0.3, 0.4) is 0 Å². The number of amides is 2.